The molecule has 11 heteroatoms. The van der Waals surface area contributed by atoms with E-state index < -0.39 is 0 Å². The van der Waals surface area contributed by atoms with Gasteiger partial charge in [0.25, 0.3) is 0 Å². The van der Waals surface area contributed by atoms with Crippen molar-refractivity contribution in [2.24, 2.45) is 0 Å². The fraction of sp³-hybridized carbons (Fsp3) is 0.444. The molecule has 354 valence electrons. The summed E-state index contributed by atoms with van der Waals surface area (Å²) >= 11 is 36.1. The molecular weight excluding hydrogens is 956 g/mol. The number of hydrogen-bond donors (Lipinski definition) is 0. The second-order valence-electron chi connectivity index (χ2n) is 19.5. The van der Waals surface area contributed by atoms with Crippen LogP contribution < -0.4 is 0 Å². The molecule has 0 bridgehead atoms. The van der Waals surface area contributed by atoms with E-state index >= 15 is 0 Å². The number of benzene rings is 4. The Morgan fingerprint density at radius 1 is 0.292 bits per heavy atom. The minimum atomic E-state index is 0. The van der Waals surface area contributed by atoms with Gasteiger partial charge in [-0.1, -0.05) is 184 Å². The van der Waals surface area contributed by atoms with Crippen molar-refractivity contribution in [3.05, 3.63) is 127 Å². The van der Waals surface area contributed by atoms with E-state index in [0.717, 1.165) is 22.7 Å². The number of imidazole rings is 2. The van der Waals surface area contributed by atoms with Crippen LogP contribution in [-0.4, -0.2) is 18.3 Å². The van der Waals surface area contributed by atoms with Crippen molar-refractivity contribution < 1.29 is 16.5 Å². The summed E-state index contributed by atoms with van der Waals surface area (Å²) in [5.41, 5.74) is 14.3. The smallest absolute Gasteiger partial charge is 0.186 e. The summed E-state index contributed by atoms with van der Waals surface area (Å²) in [5, 5.41) is 2.48. The molecular formula is C54H68N4NiS6-4. The second kappa shape index (κ2) is 22.5. The predicted octanol–water partition coefficient (Wildman–Crippen LogP) is 16.6. The Labute approximate surface area is 434 Å². The minimum Gasteiger partial charge on any atom is -0.762 e. The van der Waals surface area contributed by atoms with E-state index in [1.165, 1.54) is 44.5 Å². The van der Waals surface area contributed by atoms with E-state index in [2.05, 4.69) is 202 Å². The molecule has 2 aromatic heterocycles. The largest absolute Gasteiger partial charge is 0.762 e. The number of para-hydroxylation sites is 4. The normalized spacial score (nSPS) is 11.8. The SMILES string of the molecule is CC(C)c1cccc(C(C)C)c1-n1c([S-])c([S-])n(-c2c(C(C)C)cccc2C(C)C)c1=S.CC(C)c1cccc(C(C)C)c1-n1c([S-])c([S-])n(-c2c(C(C)C)cccc2C(C)C)c1=S.[Ni]. The van der Waals surface area contributed by atoms with Crippen molar-refractivity contribution in [2.75, 3.05) is 0 Å². The summed E-state index contributed by atoms with van der Waals surface area (Å²) < 4.78 is 9.53. The van der Waals surface area contributed by atoms with Gasteiger partial charge in [-0.15, -0.1) is 20.1 Å². The third kappa shape index (κ3) is 10.7. The molecule has 0 radical (unpaired) electrons. The molecule has 4 nitrogen and oxygen atoms in total. The molecule has 0 saturated carbocycles. The average Bonchev–Trinajstić information content (AvgIpc) is 3.58. The van der Waals surface area contributed by atoms with Crippen LogP contribution >= 0.6 is 24.4 Å². The molecule has 65 heavy (non-hydrogen) atoms. The first-order chi connectivity index (χ1) is 30.0. The third-order valence-corrected chi connectivity index (χ3v) is 14.7. The van der Waals surface area contributed by atoms with E-state index in [0.29, 0.717) is 77.0 Å². The van der Waals surface area contributed by atoms with E-state index in [4.69, 9.17) is 75.0 Å². The van der Waals surface area contributed by atoms with E-state index in [9.17, 15) is 0 Å². The quantitative estimate of drug-likeness (QED) is 0.0686. The zero-order valence-electron chi connectivity index (χ0n) is 41.1. The zero-order chi connectivity index (χ0) is 47.8. The first kappa shape index (κ1) is 54.7. The van der Waals surface area contributed by atoms with Crippen molar-refractivity contribution in [2.45, 2.75) is 178 Å². The molecule has 6 rings (SSSR count). The van der Waals surface area contributed by atoms with Crippen LogP contribution in [0.15, 0.2) is 92.9 Å². The number of aromatic nitrogens is 4. The van der Waals surface area contributed by atoms with E-state index in [1.54, 1.807) is 0 Å². The first-order valence-electron chi connectivity index (χ1n) is 22.9. The maximum atomic E-state index is 6.14. The van der Waals surface area contributed by atoms with Crippen LogP contribution in [0.2, 0.25) is 0 Å². The van der Waals surface area contributed by atoms with Gasteiger partial charge in [-0.25, -0.2) is 0 Å². The second-order valence-corrected chi connectivity index (χ2v) is 21.8. The van der Waals surface area contributed by atoms with Crippen LogP contribution in [0.4, 0.5) is 0 Å². The summed E-state index contributed by atoms with van der Waals surface area (Å²) in [5.74, 6) is 2.71. The van der Waals surface area contributed by atoms with Gasteiger partial charge in [-0.3, -0.25) is 0 Å². The van der Waals surface area contributed by atoms with E-state index in [1.807, 2.05) is 0 Å². The number of nitrogens with zero attached hydrogens (tertiary/aromatic N) is 4. The van der Waals surface area contributed by atoms with Crippen LogP contribution in [0.25, 0.3) is 22.7 Å². The Hall–Kier alpha value is -2.89. The van der Waals surface area contributed by atoms with Gasteiger partial charge in [0.1, 0.15) is 0 Å². The van der Waals surface area contributed by atoms with Gasteiger partial charge in [-0.2, -0.15) is 0 Å². The Morgan fingerprint density at radius 3 is 0.523 bits per heavy atom. The molecule has 0 unspecified atom stereocenters. The van der Waals surface area contributed by atoms with Crippen molar-refractivity contribution in [3.63, 3.8) is 0 Å². The predicted molar refractivity (Wildman–Crippen MR) is 287 cm³/mol. The van der Waals surface area contributed by atoms with Gasteiger partial charge in [0.2, 0.25) is 0 Å². The molecule has 0 fully saturated rings. The fourth-order valence-electron chi connectivity index (χ4n) is 8.80. The van der Waals surface area contributed by atoms with Crippen molar-refractivity contribution in [1.82, 2.24) is 18.3 Å². The van der Waals surface area contributed by atoms with Crippen LogP contribution in [0.1, 0.15) is 203 Å². The van der Waals surface area contributed by atoms with Crippen LogP contribution in [0.3, 0.4) is 0 Å². The van der Waals surface area contributed by atoms with Crippen LogP contribution in [-0.2, 0) is 67.0 Å². The number of hydrogen-bond acceptors (Lipinski definition) is 6. The topological polar surface area (TPSA) is 19.7 Å². The molecule has 0 saturated heterocycles. The number of rotatable bonds is 12. The molecule has 0 atom stereocenters. The Bertz CT molecular complexity index is 2270. The summed E-state index contributed by atoms with van der Waals surface area (Å²) in [6.45, 7) is 35.4. The molecule has 0 N–H and O–H groups in total. The minimum absolute atomic E-state index is 0. The summed E-state index contributed by atoms with van der Waals surface area (Å²) in [6, 6.07) is 26.0. The Morgan fingerprint density at radius 2 is 0.415 bits per heavy atom. The average molecular weight is 1020 g/mol. The summed E-state index contributed by atoms with van der Waals surface area (Å²) in [4.78, 5) is 0. The van der Waals surface area contributed by atoms with Gasteiger partial charge in [0.15, 0.2) is 9.54 Å². The van der Waals surface area contributed by atoms with Gasteiger partial charge < -0.3 is 68.8 Å². The van der Waals surface area contributed by atoms with Crippen molar-refractivity contribution in [1.29, 1.82) is 0 Å². The zero-order valence-corrected chi connectivity index (χ0v) is 47.0. The molecule has 0 aliphatic carbocycles. The maximum Gasteiger partial charge on any atom is 0.186 e. The van der Waals surface area contributed by atoms with E-state index in [-0.39, 0.29) is 16.5 Å². The Balaban J connectivity index is 0.000000280. The summed E-state index contributed by atoms with van der Waals surface area (Å²) in [6.07, 6.45) is 0. The fourth-order valence-corrected chi connectivity index (χ4v) is 10.8. The Kier molecular flexibility index (Phi) is 18.9. The summed E-state index contributed by atoms with van der Waals surface area (Å²) in [7, 11) is 0. The van der Waals surface area contributed by atoms with Gasteiger partial charge in [0.05, 0.1) is 22.7 Å². The molecule has 0 aliphatic heterocycles. The molecule has 0 spiro atoms. The molecule has 4 aromatic carbocycles. The molecule has 0 amide bonds. The monoisotopic (exact) mass is 1020 g/mol. The van der Waals surface area contributed by atoms with Crippen molar-refractivity contribution in [3.8, 4) is 22.7 Å². The van der Waals surface area contributed by atoms with Crippen LogP contribution in [0, 0.1) is 9.54 Å². The standard InChI is InChI=1S/2C27H36N2S3.Ni/c2*1-15(2)19-11-9-12-20(16(3)4)23(19)28-25(30)26(31)29(27(28)32)24-21(17(5)6)13-10-14-22(24)18(7)8;/h2*9-18,30-31H,1-8H3;/p-4. The van der Waals surface area contributed by atoms with Crippen molar-refractivity contribution >= 4 is 75.0 Å². The van der Waals surface area contributed by atoms with Crippen LogP contribution in [0.5, 0.6) is 0 Å². The van der Waals surface area contributed by atoms with Gasteiger partial charge >= 0.3 is 0 Å². The maximum absolute atomic E-state index is 6.14. The van der Waals surface area contributed by atoms with Gasteiger partial charge in [0, 0.05) is 16.5 Å². The molecule has 0 aliphatic rings. The first-order valence-corrected chi connectivity index (χ1v) is 25.4. The molecule has 6 aromatic rings. The molecule has 2 heterocycles. The van der Waals surface area contributed by atoms with Gasteiger partial charge in [-0.05, 0) is 116 Å². The third-order valence-electron chi connectivity index (χ3n) is 12.2.